The van der Waals surface area contributed by atoms with Crippen molar-refractivity contribution in [2.24, 2.45) is 0 Å². The van der Waals surface area contributed by atoms with E-state index >= 15 is 0 Å². The Bertz CT molecular complexity index is 962. The number of benzene rings is 1. The Morgan fingerprint density at radius 3 is 2.55 bits per heavy atom. The van der Waals surface area contributed by atoms with Crippen LogP contribution in [0.25, 0.3) is 10.9 Å². The van der Waals surface area contributed by atoms with Gasteiger partial charge < -0.3 is 25.3 Å². The minimum atomic E-state index is -0.0332. The fourth-order valence-corrected chi connectivity index (χ4v) is 4.33. The van der Waals surface area contributed by atoms with E-state index in [1.807, 2.05) is 31.2 Å². The number of nitrogens with zero attached hydrogens (tertiary/aromatic N) is 1. The molecule has 9 heteroatoms. The summed E-state index contributed by atoms with van der Waals surface area (Å²) in [6.45, 7) is 3.50. The second-order valence-corrected chi connectivity index (χ2v) is 8.37. The molecular weight excluding hydrogens is 426 g/mol. The Labute approximate surface area is 193 Å². The molecule has 9 nitrogen and oxygen atoms in total. The molecule has 1 aliphatic heterocycles. The van der Waals surface area contributed by atoms with Gasteiger partial charge in [0.15, 0.2) is 0 Å². The van der Waals surface area contributed by atoms with Crippen molar-refractivity contribution in [3.63, 3.8) is 0 Å². The zero-order chi connectivity index (χ0) is 23.6. The molecule has 0 spiro atoms. The first-order valence-electron chi connectivity index (χ1n) is 11.3. The SMILES string of the molecule is Cc1cc(N)c2c(OC3CCC(NC(=O)COC4CCOCC4)CC3)cccc2n1.O=C=O. The maximum absolute atomic E-state index is 12.2. The van der Waals surface area contributed by atoms with Gasteiger partial charge in [-0.05, 0) is 63.6 Å². The van der Waals surface area contributed by atoms with Gasteiger partial charge in [0.05, 0.1) is 23.1 Å². The number of nitrogens with two attached hydrogens (primary N) is 1. The molecule has 1 amide bonds. The maximum Gasteiger partial charge on any atom is 0.373 e. The largest absolute Gasteiger partial charge is 0.490 e. The van der Waals surface area contributed by atoms with E-state index in [0.717, 1.165) is 60.9 Å². The molecule has 3 N–H and O–H groups in total. The van der Waals surface area contributed by atoms with Gasteiger partial charge in [0.1, 0.15) is 12.4 Å². The van der Waals surface area contributed by atoms with E-state index in [-0.39, 0.29) is 36.9 Å². The van der Waals surface area contributed by atoms with Gasteiger partial charge in [-0.1, -0.05) is 6.07 Å². The van der Waals surface area contributed by atoms with Crippen LogP contribution in [-0.4, -0.2) is 55.1 Å². The number of fused-ring (bicyclic) bond motifs is 1. The lowest BCUT2D eigenvalue weighted by atomic mass is 9.93. The van der Waals surface area contributed by atoms with E-state index in [2.05, 4.69) is 10.3 Å². The average Bonchev–Trinajstić information content (AvgIpc) is 2.80. The molecule has 1 aromatic carbocycles. The summed E-state index contributed by atoms with van der Waals surface area (Å²) in [4.78, 5) is 33.0. The third-order valence-corrected chi connectivity index (χ3v) is 5.91. The zero-order valence-corrected chi connectivity index (χ0v) is 18.9. The summed E-state index contributed by atoms with van der Waals surface area (Å²) in [6, 6.07) is 7.92. The van der Waals surface area contributed by atoms with Gasteiger partial charge >= 0.3 is 6.15 Å². The number of hydrogen-bond donors (Lipinski definition) is 2. The number of pyridine rings is 1. The molecule has 0 unspecified atom stereocenters. The summed E-state index contributed by atoms with van der Waals surface area (Å²) in [5, 5.41) is 3.99. The molecule has 1 aromatic heterocycles. The van der Waals surface area contributed by atoms with Crippen LogP contribution in [-0.2, 0) is 23.9 Å². The Balaban J connectivity index is 0.000000968. The Morgan fingerprint density at radius 2 is 1.85 bits per heavy atom. The summed E-state index contributed by atoms with van der Waals surface area (Å²) < 4.78 is 17.3. The van der Waals surface area contributed by atoms with E-state index in [1.165, 1.54) is 0 Å². The molecule has 2 aromatic rings. The molecule has 1 aliphatic carbocycles. The van der Waals surface area contributed by atoms with Crippen LogP contribution in [0.2, 0.25) is 0 Å². The number of aromatic nitrogens is 1. The number of nitrogens with one attached hydrogen (secondary N) is 1. The van der Waals surface area contributed by atoms with Gasteiger partial charge in [-0.25, -0.2) is 0 Å². The predicted molar refractivity (Wildman–Crippen MR) is 121 cm³/mol. The van der Waals surface area contributed by atoms with Gasteiger partial charge in [-0.3, -0.25) is 9.78 Å². The van der Waals surface area contributed by atoms with Gasteiger partial charge in [0.25, 0.3) is 0 Å². The van der Waals surface area contributed by atoms with Crippen molar-refractivity contribution < 1.29 is 28.6 Å². The second kappa shape index (κ2) is 12.3. The molecule has 0 bridgehead atoms. The van der Waals surface area contributed by atoms with Gasteiger partial charge in [-0.15, -0.1) is 0 Å². The van der Waals surface area contributed by atoms with Crippen molar-refractivity contribution in [3.8, 4) is 5.75 Å². The number of carbonyl (C=O) groups is 1. The molecule has 2 heterocycles. The van der Waals surface area contributed by atoms with E-state index in [1.54, 1.807) is 0 Å². The normalized spacial score (nSPS) is 20.9. The highest BCUT2D eigenvalue weighted by atomic mass is 16.5. The summed E-state index contributed by atoms with van der Waals surface area (Å²) in [5.74, 6) is 0.754. The van der Waals surface area contributed by atoms with Crippen LogP contribution in [0.3, 0.4) is 0 Å². The molecule has 1 saturated carbocycles. The fraction of sp³-hybridized carbons (Fsp3) is 0.542. The lowest BCUT2D eigenvalue weighted by Gasteiger charge is -2.30. The van der Waals surface area contributed by atoms with Crippen LogP contribution in [0.5, 0.6) is 5.75 Å². The van der Waals surface area contributed by atoms with E-state index in [4.69, 9.17) is 29.5 Å². The third kappa shape index (κ3) is 7.25. The lowest BCUT2D eigenvalue weighted by molar-refractivity contribution is -0.191. The van der Waals surface area contributed by atoms with E-state index < -0.39 is 0 Å². The molecule has 1 saturated heterocycles. The van der Waals surface area contributed by atoms with Crippen LogP contribution in [0.15, 0.2) is 24.3 Å². The minimum Gasteiger partial charge on any atom is -0.490 e. The number of hydrogen-bond acceptors (Lipinski definition) is 8. The third-order valence-electron chi connectivity index (χ3n) is 5.91. The summed E-state index contributed by atoms with van der Waals surface area (Å²) >= 11 is 0. The van der Waals surface area contributed by atoms with Gasteiger partial charge in [0.2, 0.25) is 5.91 Å². The monoisotopic (exact) mass is 457 g/mol. The highest BCUT2D eigenvalue weighted by Crippen LogP contribution is 2.33. The highest BCUT2D eigenvalue weighted by molar-refractivity contribution is 5.95. The van der Waals surface area contributed by atoms with Crippen LogP contribution in [0, 0.1) is 6.92 Å². The van der Waals surface area contributed by atoms with Crippen LogP contribution < -0.4 is 15.8 Å². The topological polar surface area (TPSA) is 130 Å². The summed E-state index contributed by atoms with van der Waals surface area (Å²) in [5.41, 5.74) is 8.68. The average molecular weight is 458 g/mol. The second-order valence-electron chi connectivity index (χ2n) is 8.37. The fourth-order valence-electron chi connectivity index (χ4n) is 4.33. The molecule has 2 fully saturated rings. The molecule has 0 atom stereocenters. The molecule has 178 valence electrons. The van der Waals surface area contributed by atoms with Crippen molar-refractivity contribution in [2.45, 2.75) is 63.7 Å². The molecule has 2 aliphatic rings. The summed E-state index contributed by atoms with van der Waals surface area (Å²) in [7, 11) is 0. The number of rotatable bonds is 6. The first-order valence-corrected chi connectivity index (χ1v) is 11.3. The van der Waals surface area contributed by atoms with Crippen LogP contribution in [0.4, 0.5) is 5.69 Å². The number of ether oxygens (including phenoxy) is 3. The van der Waals surface area contributed by atoms with Crippen molar-refractivity contribution in [1.82, 2.24) is 10.3 Å². The number of aryl methyl sites for hydroxylation is 1. The van der Waals surface area contributed by atoms with Crippen LogP contribution >= 0.6 is 0 Å². The Kier molecular flexibility index (Phi) is 9.18. The first-order chi connectivity index (χ1) is 16.0. The molecule has 33 heavy (non-hydrogen) atoms. The van der Waals surface area contributed by atoms with Crippen LogP contribution in [0.1, 0.15) is 44.2 Å². The van der Waals surface area contributed by atoms with E-state index in [9.17, 15) is 4.79 Å². The zero-order valence-electron chi connectivity index (χ0n) is 18.9. The predicted octanol–water partition coefficient (Wildman–Crippen LogP) is 2.54. The van der Waals surface area contributed by atoms with Gasteiger partial charge in [-0.2, -0.15) is 9.59 Å². The maximum atomic E-state index is 12.2. The minimum absolute atomic E-state index is 0.0332. The molecule has 4 rings (SSSR count). The van der Waals surface area contributed by atoms with Gasteiger partial charge in [0, 0.05) is 30.6 Å². The van der Waals surface area contributed by atoms with Crippen molar-refractivity contribution >= 4 is 28.6 Å². The Hall–Kier alpha value is -3.00. The molecular formula is C24H31N3O6. The number of amides is 1. The standard InChI is InChI=1S/C23H31N3O4.CO2/c1-15-13-19(24)23-20(25-15)3-2-4-21(23)30-18-7-5-16(6-8-18)26-22(27)14-29-17-9-11-28-12-10-17;2-1-3/h2-4,13,16-18H,5-12,14H2,1H3,(H2,24,25)(H,26,27);. The van der Waals surface area contributed by atoms with Crippen molar-refractivity contribution in [2.75, 3.05) is 25.6 Å². The molecule has 0 radical (unpaired) electrons. The Morgan fingerprint density at radius 1 is 1.15 bits per heavy atom. The lowest BCUT2D eigenvalue weighted by Crippen LogP contribution is -2.42. The highest BCUT2D eigenvalue weighted by Gasteiger charge is 2.25. The summed E-state index contributed by atoms with van der Waals surface area (Å²) in [6.07, 6.45) is 5.80. The number of carbonyl (C=O) groups excluding carboxylic acids is 3. The number of anilines is 1. The van der Waals surface area contributed by atoms with E-state index in [0.29, 0.717) is 18.9 Å². The van der Waals surface area contributed by atoms with Crippen molar-refractivity contribution in [1.29, 1.82) is 0 Å². The first kappa shape index (κ1) is 24.6. The smallest absolute Gasteiger partial charge is 0.373 e. The number of nitrogen functional groups attached to an aromatic ring is 1. The van der Waals surface area contributed by atoms with Crippen molar-refractivity contribution in [3.05, 3.63) is 30.0 Å². The quantitative estimate of drug-likeness (QED) is 0.677.